The Hall–Kier alpha value is -0.610. The quantitative estimate of drug-likeness (QED) is 0.553. The van der Waals surface area contributed by atoms with Crippen LogP contribution in [0.1, 0.15) is 20.3 Å². The highest BCUT2D eigenvalue weighted by molar-refractivity contribution is 5.76. The number of aliphatic hydroxyl groups is 1. The maximum atomic E-state index is 10.8. The zero-order chi connectivity index (χ0) is 8.85. The van der Waals surface area contributed by atoms with E-state index >= 15 is 0 Å². The molecule has 0 heterocycles. The summed E-state index contributed by atoms with van der Waals surface area (Å²) in [6.07, 6.45) is -0.0856. The van der Waals surface area contributed by atoms with Crippen LogP contribution in [0, 0.1) is 0 Å². The lowest BCUT2D eigenvalue weighted by Gasteiger charge is -2.12. The molecule has 0 aromatic carbocycles. The van der Waals surface area contributed by atoms with Gasteiger partial charge in [-0.25, -0.2) is 0 Å². The zero-order valence-corrected chi connectivity index (χ0v) is 6.91. The molecule has 0 amide bonds. The first-order valence-corrected chi connectivity index (χ1v) is 3.69. The lowest BCUT2D eigenvalue weighted by atomic mass is 10.2. The molecule has 0 aliphatic carbocycles. The van der Waals surface area contributed by atoms with E-state index in [-0.39, 0.29) is 0 Å². The fourth-order valence-corrected chi connectivity index (χ4v) is 0.496. The third-order valence-electron chi connectivity index (χ3n) is 1.24. The van der Waals surface area contributed by atoms with E-state index in [0.29, 0.717) is 6.61 Å². The van der Waals surface area contributed by atoms with Crippen LogP contribution < -0.4 is 5.73 Å². The molecule has 0 rings (SSSR count). The Labute approximate surface area is 66.3 Å². The summed E-state index contributed by atoms with van der Waals surface area (Å²) in [4.78, 5) is 10.8. The average molecular weight is 161 g/mol. The van der Waals surface area contributed by atoms with Gasteiger partial charge in [0, 0.05) is 0 Å². The van der Waals surface area contributed by atoms with E-state index in [1.807, 2.05) is 6.92 Å². The van der Waals surface area contributed by atoms with E-state index in [1.54, 1.807) is 0 Å². The van der Waals surface area contributed by atoms with Gasteiger partial charge in [-0.1, -0.05) is 6.92 Å². The van der Waals surface area contributed by atoms with E-state index in [4.69, 9.17) is 15.6 Å². The highest BCUT2D eigenvalue weighted by Crippen LogP contribution is 1.93. The molecule has 0 unspecified atom stereocenters. The topological polar surface area (TPSA) is 72.5 Å². The lowest BCUT2D eigenvalue weighted by Crippen LogP contribution is -2.41. The van der Waals surface area contributed by atoms with E-state index in [9.17, 15) is 4.79 Å². The molecular weight excluding hydrogens is 146 g/mol. The number of ether oxygens (including phenoxy) is 1. The summed E-state index contributed by atoms with van der Waals surface area (Å²) in [5, 5.41) is 8.86. The second-order valence-corrected chi connectivity index (χ2v) is 2.43. The van der Waals surface area contributed by atoms with Gasteiger partial charge < -0.3 is 15.6 Å². The molecule has 11 heavy (non-hydrogen) atoms. The van der Waals surface area contributed by atoms with Crippen LogP contribution >= 0.6 is 0 Å². The summed E-state index contributed by atoms with van der Waals surface area (Å²) in [7, 11) is 0. The summed E-state index contributed by atoms with van der Waals surface area (Å²) in [6.45, 7) is 3.71. The van der Waals surface area contributed by atoms with E-state index in [0.717, 1.165) is 6.42 Å². The summed E-state index contributed by atoms with van der Waals surface area (Å²) >= 11 is 0. The number of rotatable bonds is 4. The molecule has 0 radical (unpaired) electrons. The normalized spacial score (nSPS) is 15.6. The van der Waals surface area contributed by atoms with Gasteiger partial charge in [-0.2, -0.15) is 0 Å². The largest absolute Gasteiger partial charge is 0.464 e. The van der Waals surface area contributed by atoms with Crippen molar-refractivity contribution >= 4 is 5.97 Å². The summed E-state index contributed by atoms with van der Waals surface area (Å²) in [5.41, 5.74) is 5.28. The fraction of sp³-hybridized carbons (Fsp3) is 0.857. The van der Waals surface area contributed by atoms with Gasteiger partial charge in [0.15, 0.2) is 0 Å². The minimum atomic E-state index is -0.915. The molecule has 0 fully saturated rings. The SMILES string of the molecule is CCCOC(=O)[C@@H](N)[C@@H](C)O. The van der Waals surface area contributed by atoms with Crippen LogP contribution in [0.4, 0.5) is 0 Å². The Morgan fingerprint density at radius 3 is 2.64 bits per heavy atom. The number of aliphatic hydroxyl groups excluding tert-OH is 1. The van der Waals surface area contributed by atoms with E-state index in [2.05, 4.69) is 0 Å². The monoisotopic (exact) mass is 161 g/mol. The molecule has 66 valence electrons. The molecule has 4 nitrogen and oxygen atoms in total. The van der Waals surface area contributed by atoms with Crippen LogP contribution in [0.25, 0.3) is 0 Å². The molecule has 0 aromatic heterocycles. The summed E-state index contributed by atoms with van der Waals surface area (Å²) in [5.74, 6) is -0.540. The van der Waals surface area contributed by atoms with Gasteiger partial charge in [0.2, 0.25) is 0 Å². The number of carbonyl (C=O) groups is 1. The van der Waals surface area contributed by atoms with Gasteiger partial charge in [0.1, 0.15) is 6.04 Å². The number of hydrogen-bond donors (Lipinski definition) is 2. The molecule has 0 bridgehead atoms. The molecule has 2 atom stereocenters. The second-order valence-electron chi connectivity index (χ2n) is 2.43. The predicted octanol–water partition coefficient (Wildman–Crippen LogP) is -0.352. The molecule has 4 heteroatoms. The lowest BCUT2D eigenvalue weighted by molar-refractivity contribution is -0.147. The van der Waals surface area contributed by atoms with Gasteiger partial charge in [-0.05, 0) is 13.3 Å². The van der Waals surface area contributed by atoms with Gasteiger partial charge in [0.25, 0.3) is 0 Å². The highest BCUT2D eigenvalue weighted by atomic mass is 16.5. The van der Waals surface area contributed by atoms with E-state index in [1.165, 1.54) is 6.92 Å². The molecule has 0 aromatic rings. The average Bonchev–Trinajstić information content (AvgIpc) is 1.98. The second kappa shape index (κ2) is 5.09. The summed E-state index contributed by atoms with van der Waals surface area (Å²) in [6, 6.07) is -0.915. The maximum absolute atomic E-state index is 10.8. The van der Waals surface area contributed by atoms with E-state index < -0.39 is 18.1 Å². The molecule has 3 N–H and O–H groups in total. The molecule has 0 aliphatic heterocycles. The molecule has 0 spiro atoms. The third kappa shape index (κ3) is 3.95. The molecule has 0 saturated heterocycles. The van der Waals surface area contributed by atoms with Crippen molar-refractivity contribution in [2.75, 3.05) is 6.61 Å². The van der Waals surface area contributed by atoms with Crippen LogP contribution in [0.2, 0.25) is 0 Å². The minimum Gasteiger partial charge on any atom is -0.464 e. The van der Waals surface area contributed by atoms with Crippen LogP contribution in [0.3, 0.4) is 0 Å². The van der Waals surface area contributed by atoms with Crippen molar-refractivity contribution in [1.82, 2.24) is 0 Å². The standard InChI is InChI=1S/C7H15NO3/c1-3-4-11-7(10)6(8)5(2)9/h5-6,9H,3-4,8H2,1-2H3/t5-,6+/m1/s1. The van der Waals surface area contributed by atoms with Gasteiger partial charge >= 0.3 is 5.97 Å². The van der Waals surface area contributed by atoms with Crippen molar-refractivity contribution in [3.05, 3.63) is 0 Å². The first kappa shape index (κ1) is 10.4. The number of carbonyl (C=O) groups excluding carboxylic acids is 1. The van der Waals surface area contributed by atoms with Gasteiger partial charge in [-0.15, -0.1) is 0 Å². The fourth-order valence-electron chi connectivity index (χ4n) is 0.496. The smallest absolute Gasteiger partial charge is 0.325 e. The zero-order valence-electron chi connectivity index (χ0n) is 6.91. The van der Waals surface area contributed by atoms with Crippen LogP contribution in [0.15, 0.2) is 0 Å². The van der Waals surface area contributed by atoms with Crippen molar-refractivity contribution in [1.29, 1.82) is 0 Å². The summed E-state index contributed by atoms with van der Waals surface area (Å²) < 4.78 is 4.69. The maximum Gasteiger partial charge on any atom is 0.325 e. The van der Waals surface area contributed by atoms with Crippen molar-refractivity contribution < 1.29 is 14.6 Å². The minimum absolute atomic E-state index is 0.360. The molecule has 0 saturated carbocycles. The molecule has 0 aliphatic rings. The Morgan fingerprint density at radius 2 is 2.27 bits per heavy atom. The van der Waals surface area contributed by atoms with Crippen molar-refractivity contribution in [3.8, 4) is 0 Å². The third-order valence-corrected chi connectivity index (χ3v) is 1.24. The van der Waals surface area contributed by atoms with Crippen LogP contribution in [-0.2, 0) is 9.53 Å². The van der Waals surface area contributed by atoms with Crippen molar-refractivity contribution in [2.24, 2.45) is 5.73 Å². The van der Waals surface area contributed by atoms with Crippen molar-refractivity contribution in [3.63, 3.8) is 0 Å². The Bertz CT molecular complexity index is 125. The van der Waals surface area contributed by atoms with Gasteiger partial charge in [-0.3, -0.25) is 4.79 Å². The highest BCUT2D eigenvalue weighted by Gasteiger charge is 2.19. The Kier molecular flexibility index (Phi) is 4.81. The first-order valence-electron chi connectivity index (χ1n) is 3.69. The number of nitrogens with two attached hydrogens (primary N) is 1. The van der Waals surface area contributed by atoms with Crippen molar-refractivity contribution in [2.45, 2.75) is 32.4 Å². The van der Waals surface area contributed by atoms with Gasteiger partial charge in [0.05, 0.1) is 12.7 Å². The Balaban J connectivity index is 3.64. The van der Waals surface area contributed by atoms with Crippen LogP contribution in [0.5, 0.6) is 0 Å². The Morgan fingerprint density at radius 1 is 1.73 bits per heavy atom. The van der Waals surface area contributed by atoms with Crippen LogP contribution in [-0.4, -0.2) is 29.8 Å². The molecular formula is C7H15NO3. The number of hydrogen-bond acceptors (Lipinski definition) is 4. The first-order chi connectivity index (χ1) is 5.09. The predicted molar refractivity (Wildman–Crippen MR) is 40.9 cm³/mol. The number of esters is 1.